The smallest absolute Gasteiger partial charge is 0.172 e. The van der Waals surface area contributed by atoms with Crippen molar-refractivity contribution in [1.82, 2.24) is 9.97 Å². The molecular weight excluding hydrogens is 250 g/mol. The lowest BCUT2D eigenvalue weighted by atomic mass is 10.2. The molecule has 0 saturated carbocycles. The van der Waals surface area contributed by atoms with Gasteiger partial charge in [-0.05, 0) is 18.1 Å². The average Bonchev–Trinajstić information content (AvgIpc) is 2.42. The van der Waals surface area contributed by atoms with Crippen LogP contribution >= 0.6 is 0 Å². The van der Waals surface area contributed by atoms with Gasteiger partial charge in [-0.25, -0.2) is 9.97 Å². The van der Waals surface area contributed by atoms with Crippen molar-refractivity contribution in [2.45, 2.75) is 20.3 Å². The van der Waals surface area contributed by atoms with Crippen molar-refractivity contribution in [1.29, 1.82) is 5.26 Å². The van der Waals surface area contributed by atoms with E-state index in [0.29, 0.717) is 30.5 Å². The highest BCUT2D eigenvalue weighted by atomic mass is 15.2. The Balaban J connectivity index is 2.40. The highest BCUT2D eigenvalue weighted by Gasteiger charge is 2.15. The van der Waals surface area contributed by atoms with Crippen LogP contribution in [0.15, 0.2) is 24.3 Å². The summed E-state index contributed by atoms with van der Waals surface area (Å²) >= 11 is 0. The molecule has 1 aromatic carbocycles. The average molecular weight is 269 g/mol. The number of benzene rings is 1. The van der Waals surface area contributed by atoms with Crippen LogP contribution in [0.5, 0.6) is 0 Å². The molecule has 0 aliphatic heterocycles. The van der Waals surface area contributed by atoms with Gasteiger partial charge in [0.25, 0.3) is 0 Å². The lowest BCUT2D eigenvalue weighted by molar-refractivity contribution is 0.608. The van der Waals surface area contributed by atoms with Crippen LogP contribution in [0, 0.1) is 17.2 Å². The molecule has 2 N–H and O–H groups in total. The van der Waals surface area contributed by atoms with Crippen LogP contribution < -0.4 is 10.6 Å². The number of nitriles is 1. The van der Waals surface area contributed by atoms with Crippen molar-refractivity contribution < 1.29 is 0 Å². The molecule has 0 spiro atoms. The minimum atomic E-state index is 0.419. The minimum Gasteiger partial charge on any atom is -0.381 e. The van der Waals surface area contributed by atoms with Gasteiger partial charge < -0.3 is 10.6 Å². The molecule has 20 heavy (non-hydrogen) atoms. The van der Waals surface area contributed by atoms with Crippen LogP contribution in [0.2, 0.25) is 0 Å². The van der Waals surface area contributed by atoms with Crippen molar-refractivity contribution in [3.05, 3.63) is 24.3 Å². The number of nitrogens with two attached hydrogens (primary N) is 1. The Morgan fingerprint density at radius 1 is 1.25 bits per heavy atom. The second-order valence-corrected chi connectivity index (χ2v) is 5.17. The van der Waals surface area contributed by atoms with Crippen LogP contribution in [0.4, 0.5) is 11.6 Å². The van der Waals surface area contributed by atoms with Gasteiger partial charge in [-0.1, -0.05) is 26.0 Å². The number of hydrogen-bond acceptors (Lipinski definition) is 5. The number of anilines is 2. The standard InChI is InChI=1S/C15H19N5/c1-11(2)10-20(9-5-8-16)15-14(17)18-12-6-3-4-7-13(12)19-15/h3-4,6-7,11H,5,9-10H2,1-2H3,(H2,17,18). The zero-order valence-corrected chi connectivity index (χ0v) is 11.9. The predicted octanol–water partition coefficient (Wildman–Crippen LogP) is 2.59. The Labute approximate surface area is 119 Å². The van der Waals surface area contributed by atoms with E-state index in [0.717, 1.165) is 17.6 Å². The summed E-state index contributed by atoms with van der Waals surface area (Å²) in [5, 5.41) is 8.79. The second-order valence-electron chi connectivity index (χ2n) is 5.17. The molecular formula is C15H19N5. The second kappa shape index (κ2) is 6.20. The van der Waals surface area contributed by atoms with E-state index in [-0.39, 0.29) is 0 Å². The molecule has 0 unspecified atom stereocenters. The molecule has 1 heterocycles. The first-order valence-corrected chi connectivity index (χ1v) is 6.76. The molecule has 2 aromatic rings. The third kappa shape index (κ3) is 3.15. The monoisotopic (exact) mass is 269 g/mol. The maximum Gasteiger partial charge on any atom is 0.172 e. The third-order valence-electron chi connectivity index (χ3n) is 2.96. The van der Waals surface area contributed by atoms with Crippen molar-refractivity contribution in [2.24, 2.45) is 5.92 Å². The molecule has 0 aliphatic carbocycles. The quantitative estimate of drug-likeness (QED) is 0.902. The largest absolute Gasteiger partial charge is 0.381 e. The van der Waals surface area contributed by atoms with E-state index < -0.39 is 0 Å². The van der Waals surface area contributed by atoms with E-state index in [2.05, 4.69) is 29.9 Å². The van der Waals surface area contributed by atoms with Crippen molar-refractivity contribution in [3.8, 4) is 6.07 Å². The fraction of sp³-hybridized carbons (Fsp3) is 0.400. The molecule has 104 valence electrons. The molecule has 0 radical (unpaired) electrons. The molecule has 0 aliphatic rings. The third-order valence-corrected chi connectivity index (χ3v) is 2.96. The summed E-state index contributed by atoms with van der Waals surface area (Å²) in [6.45, 7) is 5.68. The summed E-state index contributed by atoms with van der Waals surface area (Å²) in [6, 6.07) is 9.82. The van der Waals surface area contributed by atoms with Gasteiger partial charge in [0.1, 0.15) is 0 Å². The number of nitrogen functional groups attached to an aromatic ring is 1. The highest BCUT2D eigenvalue weighted by molar-refractivity contribution is 5.79. The first-order chi connectivity index (χ1) is 9.61. The Morgan fingerprint density at radius 2 is 1.90 bits per heavy atom. The number of nitrogens with zero attached hydrogens (tertiary/aromatic N) is 4. The summed E-state index contributed by atoms with van der Waals surface area (Å²) < 4.78 is 0. The molecule has 0 amide bonds. The van der Waals surface area contributed by atoms with Crippen LogP contribution in [-0.2, 0) is 0 Å². The van der Waals surface area contributed by atoms with Crippen LogP contribution in [0.3, 0.4) is 0 Å². The summed E-state index contributed by atoms with van der Waals surface area (Å²) in [4.78, 5) is 11.1. The van der Waals surface area contributed by atoms with Crippen molar-refractivity contribution in [2.75, 3.05) is 23.7 Å². The summed E-state index contributed by atoms with van der Waals surface area (Å²) in [7, 11) is 0. The molecule has 1 aromatic heterocycles. The number of fused-ring (bicyclic) bond motifs is 1. The van der Waals surface area contributed by atoms with Gasteiger partial charge in [0, 0.05) is 13.1 Å². The van der Waals surface area contributed by atoms with Gasteiger partial charge in [0.2, 0.25) is 0 Å². The molecule has 2 rings (SSSR count). The summed E-state index contributed by atoms with van der Waals surface area (Å²) in [5.74, 6) is 1.55. The fourth-order valence-corrected chi connectivity index (χ4v) is 2.15. The Bertz CT molecular complexity index is 630. The van der Waals surface area contributed by atoms with E-state index in [1.807, 2.05) is 29.2 Å². The maximum absolute atomic E-state index is 8.79. The van der Waals surface area contributed by atoms with Gasteiger partial charge in [-0.2, -0.15) is 5.26 Å². The fourth-order valence-electron chi connectivity index (χ4n) is 2.15. The van der Waals surface area contributed by atoms with Crippen LogP contribution in [-0.4, -0.2) is 23.1 Å². The van der Waals surface area contributed by atoms with Gasteiger partial charge in [-0.3, -0.25) is 0 Å². The normalized spacial score (nSPS) is 10.7. The van der Waals surface area contributed by atoms with E-state index in [1.54, 1.807) is 0 Å². The van der Waals surface area contributed by atoms with Gasteiger partial charge in [-0.15, -0.1) is 0 Å². The van der Waals surface area contributed by atoms with Gasteiger partial charge in [0.15, 0.2) is 11.6 Å². The Hall–Kier alpha value is -2.35. The summed E-state index contributed by atoms with van der Waals surface area (Å²) in [5.41, 5.74) is 7.65. The number of para-hydroxylation sites is 2. The van der Waals surface area contributed by atoms with Crippen LogP contribution in [0.1, 0.15) is 20.3 Å². The molecule has 0 saturated heterocycles. The van der Waals surface area contributed by atoms with Gasteiger partial charge in [0.05, 0.1) is 23.5 Å². The van der Waals surface area contributed by atoms with Gasteiger partial charge >= 0.3 is 0 Å². The Morgan fingerprint density at radius 3 is 2.50 bits per heavy atom. The molecule has 0 bridgehead atoms. The topological polar surface area (TPSA) is 78.8 Å². The van der Waals surface area contributed by atoms with Crippen molar-refractivity contribution in [3.63, 3.8) is 0 Å². The summed E-state index contributed by atoms with van der Waals surface area (Å²) in [6.07, 6.45) is 0.445. The zero-order valence-electron chi connectivity index (χ0n) is 11.9. The lowest BCUT2D eigenvalue weighted by Gasteiger charge is -2.25. The maximum atomic E-state index is 8.79. The number of hydrogen-bond donors (Lipinski definition) is 1. The van der Waals surface area contributed by atoms with E-state index in [4.69, 9.17) is 11.0 Å². The first kappa shape index (κ1) is 14.1. The number of rotatable bonds is 5. The lowest BCUT2D eigenvalue weighted by Crippen LogP contribution is -2.30. The molecule has 0 fully saturated rings. The minimum absolute atomic E-state index is 0.419. The molecule has 0 atom stereocenters. The van der Waals surface area contributed by atoms with E-state index in [1.165, 1.54) is 0 Å². The van der Waals surface area contributed by atoms with Crippen molar-refractivity contribution >= 4 is 22.7 Å². The predicted molar refractivity (Wildman–Crippen MR) is 81.2 cm³/mol. The molecule has 5 nitrogen and oxygen atoms in total. The number of aromatic nitrogens is 2. The highest BCUT2D eigenvalue weighted by Crippen LogP contribution is 2.23. The molecule has 5 heteroatoms. The SMILES string of the molecule is CC(C)CN(CCC#N)c1nc2ccccc2nc1N. The van der Waals surface area contributed by atoms with E-state index >= 15 is 0 Å². The van der Waals surface area contributed by atoms with Crippen LogP contribution in [0.25, 0.3) is 11.0 Å². The zero-order chi connectivity index (χ0) is 14.5. The van der Waals surface area contributed by atoms with E-state index in [9.17, 15) is 0 Å². The Kier molecular flexibility index (Phi) is 4.36. The first-order valence-electron chi connectivity index (χ1n) is 6.76.